The van der Waals surface area contributed by atoms with Crippen LogP contribution in [-0.2, 0) is 4.79 Å². The smallest absolute Gasteiger partial charge is 0.270 e. The second kappa shape index (κ2) is 3.59. The van der Waals surface area contributed by atoms with Crippen molar-refractivity contribution in [3.05, 3.63) is 17.5 Å². The fraction of sp³-hybridized carbons (Fsp3) is 0.125. The van der Waals surface area contributed by atoms with E-state index in [1.54, 1.807) is 0 Å². The first-order chi connectivity index (χ1) is 6.75. The van der Waals surface area contributed by atoms with Crippen LogP contribution in [0.2, 0.25) is 0 Å². The summed E-state index contributed by atoms with van der Waals surface area (Å²) >= 11 is 1.50. The van der Waals surface area contributed by atoms with E-state index in [-0.39, 0.29) is 11.9 Å². The Kier molecular flexibility index (Phi) is 2.28. The first-order valence-corrected chi connectivity index (χ1v) is 4.79. The minimum Gasteiger partial charge on any atom is -0.331 e. The number of hydrogen-bond donors (Lipinski definition) is 1. The Hall–Kier alpha value is -1.69. The number of nitrogens with one attached hydrogen (secondary N) is 1. The van der Waals surface area contributed by atoms with Gasteiger partial charge in [-0.05, 0) is 16.6 Å². The Bertz CT molecular complexity index is 435. The molecule has 0 fully saturated rings. The van der Waals surface area contributed by atoms with E-state index in [0.717, 1.165) is 4.88 Å². The molecule has 72 valence electrons. The van der Waals surface area contributed by atoms with Crippen molar-refractivity contribution < 1.29 is 9.32 Å². The topological polar surface area (TPSA) is 68.0 Å². The SMILES string of the molecule is CC(=O)Nc1noc(-c2cccs2)n1. The maximum Gasteiger partial charge on any atom is 0.270 e. The Balaban J connectivity index is 2.22. The number of thiophene rings is 1. The molecule has 0 aromatic carbocycles. The van der Waals surface area contributed by atoms with Crippen molar-refractivity contribution in [3.63, 3.8) is 0 Å². The second-order valence-electron chi connectivity index (χ2n) is 2.58. The monoisotopic (exact) mass is 209 g/mol. The molecule has 0 aliphatic heterocycles. The van der Waals surface area contributed by atoms with Gasteiger partial charge in [-0.2, -0.15) is 4.98 Å². The molecule has 1 amide bonds. The third kappa shape index (κ3) is 1.80. The zero-order valence-corrected chi connectivity index (χ0v) is 8.17. The van der Waals surface area contributed by atoms with Crippen LogP contribution in [0.25, 0.3) is 10.8 Å². The van der Waals surface area contributed by atoms with Crippen LogP contribution in [0.3, 0.4) is 0 Å². The third-order valence-electron chi connectivity index (χ3n) is 1.45. The van der Waals surface area contributed by atoms with E-state index < -0.39 is 0 Å². The minimum absolute atomic E-state index is 0.195. The van der Waals surface area contributed by atoms with Crippen molar-refractivity contribution in [2.75, 3.05) is 5.32 Å². The van der Waals surface area contributed by atoms with Gasteiger partial charge in [-0.1, -0.05) is 6.07 Å². The highest BCUT2D eigenvalue weighted by Crippen LogP contribution is 2.23. The predicted molar refractivity (Wildman–Crippen MR) is 51.9 cm³/mol. The zero-order chi connectivity index (χ0) is 9.97. The van der Waals surface area contributed by atoms with Gasteiger partial charge in [-0.3, -0.25) is 10.1 Å². The highest BCUT2D eigenvalue weighted by molar-refractivity contribution is 7.13. The van der Waals surface area contributed by atoms with Gasteiger partial charge < -0.3 is 4.52 Å². The summed E-state index contributed by atoms with van der Waals surface area (Å²) in [6.07, 6.45) is 0. The van der Waals surface area contributed by atoms with E-state index in [9.17, 15) is 4.79 Å². The fourth-order valence-electron chi connectivity index (χ4n) is 0.932. The lowest BCUT2D eigenvalue weighted by atomic mass is 10.5. The van der Waals surface area contributed by atoms with Crippen LogP contribution >= 0.6 is 11.3 Å². The predicted octanol–water partition coefficient (Wildman–Crippen LogP) is 1.76. The molecule has 0 saturated carbocycles. The molecule has 6 heteroatoms. The van der Waals surface area contributed by atoms with E-state index in [1.165, 1.54) is 18.3 Å². The number of amides is 1. The van der Waals surface area contributed by atoms with Crippen LogP contribution in [0.4, 0.5) is 5.95 Å². The molecule has 0 unspecified atom stereocenters. The van der Waals surface area contributed by atoms with Crippen molar-refractivity contribution in [2.24, 2.45) is 0 Å². The molecule has 2 rings (SSSR count). The van der Waals surface area contributed by atoms with Gasteiger partial charge in [-0.15, -0.1) is 11.3 Å². The first kappa shape index (κ1) is 8.89. The molecule has 0 spiro atoms. The molecule has 0 radical (unpaired) electrons. The Morgan fingerprint density at radius 1 is 1.64 bits per heavy atom. The van der Waals surface area contributed by atoms with Crippen LogP contribution in [0, 0.1) is 0 Å². The number of hydrogen-bond acceptors (Lipinski definition) is 5. The Morgan fingerprint density at radius 2 is 2.50 bits per heavy atom. The summed E-state index contributed by atoms with van der Waals surface area (Å²) in [6.45, 7) is 1.39. The molecule has 2 aromatic rings. The van der Waals surface area contributed by atoms with Crippen LogP contribution in [0.1, 0.15) is 6.92 Å². The van der Waals surface area contributed by atoms with E-state index in [4.69, 9.17) is 4.52 Å². The van der Waals surface area contributed by atoms with Crippen molar-refractivity contribution in [3.8, 4) is 10.8 Å². The quantitative estimate of drug-likeness (QED) is 0.818. The number of carbonyl (C=O) groups excluding carboxylic acids is 1. The summed E-state index contributed by atoms with van der Waals surface area (Å²) in [6, 6.07) is 3.76. The van der Waals surface area contributed by atoms with E-state index in [1.807, 2.05) is 17.5 Å². The number of carbonyl (C=O) groups is 1. The van der Waals surface area contributed by atoms with Gasteiger partial charge in [0.05, 0.1) is 4.88 Å². The van der Waals surface area contributed by atoms with Crippen LogP contribution in [0.15, 0.2) is 22.0 Å². The average Bonchev–Trinajstić information content (AvgIpc) is 2.69. The molecule has 2 aromatic heterocycles. The van der Waals surface area contributed by atoms with Gasteiger partial charge in [0.15, 0.2) is 0 Å². The lowest BCUT2D eigenvalue weighted by Crippen LogP contribution is -2.06. The Labute approximate surface area is 83.8 Å². The summed E-state index contributed by atoms with van der Waals surface area (Å²) in [5.74, 6) is 0.396. The lowest BCUT2D eigenvalue weighted by Gasteiger charge is -1.89. The van der Waals surface area contributed by atoms with Crippen molar-refractivity contribution in [1.82, 2.24) is 10.1 Å². The number of aromatic nitrogens is 2. The zero-order valence-electron chi connectivity index (χ0n) is 7.35. The van der Waals surface area contributed by atoms with E-state index in [2.05, 4.69) is 15.5 Å². The third-order valence-corrected chi connectivity index (χ3v) is 2.30. The Morgan fingerprint density at radius 3 is 3.14 bits per heavy atom. The maximum absolute atomic E-state index is 10.7. The molecule has 14 heavy (non-hydrogen) atoms. The van der Waals surface area contributed by atoms with Crippen LogP contribution in [-0.4, -0.2) is 16.0 Å². The van der Waals surface area contributed by atoms with Gasteiger partial charge in [0.25, 0.3) is 11.8 Å². The molecule has 2 heterocycles. The molecule has 0 saturated heterocycles. The number of nitrogens with zero attached hydrogens (tertiary/aromatic N) is 2. The second-order valence-corrected chi connectivity index (χ2v) is 3.53. The fourth-order valence-corrected chi connectivity index (χ4v) is 1.58. The number of anilines is 1. The molecule has 0 aliphatic rings. The van der Waals surface area contributed by atoms with Gasteiger partial charge in [0.1, 0.15) is 0 Å². The van der Waals surface area contributed by atoms with Crippen LogP contribution in [0.5, 0.6) is 0 Å². The average molecular weight is 209 g/mol. The van der Waals surface area contributed by atoms with Gasteiger partial charge >= 0.3 is 0 Å². The van der Waals surface area contributed by atoms with Crippen molar-refractivity contribution in [1.29, 1.82) is 0 Å². The largest absolute Gasteiger partial charge is 0.331 e. The summed E-state index contributed by atoms with van der Waals surface area (Å²) in [7, 11) is 0. The molecule has 1 N–H and O–H groups in total. The van der Waals surface area contributed by atoms with Crippen LogP contribution < -0.4 is 5.32 Å². The van der Waals surface area contributed by atoms with E-state index >= 15 is 0 Å². The summed E-state index contributed by atoms with van der Waals surface area (Å²) in [4.78, 5) is 15.6. The molecule has 0 aliphatic carbocycles. The van der Waals surface area contributed by atoms with Gasteiger partial charge in [0, 0.05) is 6.92 Å². The normalized spacial score (nSPS) is 10.1. The summed E-state index contributed by atoms with van der Waals surface area (Å²) in [5, 5.41) is 7.95. The minimum atomic E-state index is -0.219. The lowest BCUT2D eigenvalue weighted by molar-refractivity contribution is -0.114. The number of rotatable bonds is 2. The molecular formula is C8H7N3O2S. The first-order valence-electron chi connectivity index (χ1n) is 3.91. The molecular weight excluding hydrogens is 202 g/mol. The summed E-state index contributed by atoms with van der Waals surface area (Å²) < 4.78 is 4.94. The van der Waals surface area contributed by atoms with E-state index in [0.29, 0.717) is 5.89 Å². The standard InChI is InChI=1S/C8H7N3O2S/c1-5(12)9-8-10-7(13-11-8)6-3-2-4-14-6/h2-4H,1H3,(H,9,11,12). The van der Waals surface area contributed by atoms with Gasteiger partial charge in [-0.25, -0.2) is 0 Å². The maximum atomic E-state index is 10.7. The molecule has 5 nitrogen and oxygen atoms in total. The molecule has 0 atom stereocenters. The van der Waals surface area contributed by atoms with Gasteiger partial charge in [0.2, 0.25) is 5.91 Å². The molecule has 0 bridgehead atoms. The highest BCUT2D eigenvalue weighted by atomic mass is 32.1. The van der Waals surface area contributed by atoms with Crippen molar-refractivity contribution >= 4 is 23.2 Å². The highest BCUT2D eigenvalue weighted by Gasteiger charge is 2.09. The van der Waals surface area contributed by atoms with Crippen molar-refractivity contribution in [2.45, 2.75) is 6.92 Å². The summed E-state index contributed by atoms with van der Waals surface area (Å²) in [5.41, 5.74) is 0.